The van der Waals surface area contributed by atoms with E-state index in [0.29, 0.717) is 0 Å². The van der Waals surface area contributed by atoms with Gasteiger partial charge in [0.15, 0.2) is 0 Å². The highest BCUT2D eigenvalue weighted by molar-refractivity contribution is 9.11. The molecule has 0 N–H and O–H groups in total. The molecule has 498 valence electrons. The van der Waals surface area contributed by atoms with Crippen molar-refractivity contribution in [3.63, 3.8) is 0 Å². The van der Waals surface area contributed by atoms with E-state index in [-0.39, 0.29) is 0 Å². The first-order valence-corrected chi connectivity index (χ1v) is 37.5. The smallest absolute Gasteiger partial charge is 0.118 e. The van der Waals surface area contributed by atoms with Crippen LogP contribution in [0.2, 0.25) is 0 Å². The molecule has 0 aliphatic heterocycles. The zero-order valence-electron chi connectivity index (χ0n) is 58.1. The van der Waals surface area contributed by atoms with Crippen molar-refractivity contribution in [1.82, 2.24) is 0 Å². The van der Waals surface area contributed by atoms with E-state index in [1.165, 1.54) is 228 Å². The number of ether oxygens (including phenoxy) is 4. The van der Waals surface area contributed by atoms with Crippen LogP contribution < -0.4 is 18.9 Å². The Labute approximate surface area is 625 Å². The molecule has 6 heteroatoms. The van der Waals surface area contributed by atoms with Crippen LogP contribution in [-0.2, 0) is 0 Å². The van der Waals surface area contributed by atoms with E-state index in [4.69, 9.17) is 18.9 Å². The first-order valence-electron chi connectivity index (χ1n) is 36.0. The summed E-state index contributed by atoms with van der Waals surface area (Å²) in [5, 5.41) is 41.1. The lowest BCUT2D eigenvalue weighted by Crippen LogP contribution is -1.89. The molecule has 106 heavy (non-hydrogen) atoms. The average Bonchev–Trinajstić information content (AvgIpc) is 1.48. The van der Waals surface area contributed by atoms with E-state index in [1.54, 1.807) is 28.4 Å². The summed E-state index contributed by atoms with van der Waals surface area (Å²) in [5.41, 5.74) is 12.2. The molecule has 0 aliphatic carbocycles. The van der Waals surface area contributed by atoms with Crippen LogP contribution in [0.5, 0.6) is 23.0 Å². The molecule has 23 aromatic rings. The van der Waals surface area contributed by atoms with Gasteiger partial charge >= 0.3 is 0 Å². The highest BCUT2D eigenvalue weighted by Gasteiger charge is 2.32. The van der Waals surface area contributed by atoms with E-state index < -0.39 is 0 Å². The lowest BCUT2D eigenvalue weighted by molar-refractivity contribution is 0.415. The van der Waals surface area contributed by atoms with Gasteiger partial charge in [-0.25, -0.2) is 0 Å². The van der Waals surface area contributed by atoms with Crippen LogP contribution in [0.1, 0.15) is 0 Å². The summed E-state index contributed by atoms with van der Waals surface area (Å²) in [7, 11) is 6.93. The number of fused-ring (bicyclic) bond motifs is 15. The molecule has 0 saturated carbocycles. The van der Waals surface area contributed by atoms with Gasteiger partial charge in [0.05, 0.1) is 28.4 Å². The fourth-order valence-electron chi connectivity index (χ4n) is 19.1. The predicted octanol–water partition coefficient (Wildman–Crippen LogP) is 28.9. The summed E-state index contributed by atoms with van der Waals surface area (Å²) in [6.07, 6.45) is 0. The molecule has 0 spiro atoms. The SMILES string of the molecule is COc1ccc(-c2c3c4ccc(Br)c5cccc(c3c(-c3ccc(OC)cc3)c3c6ccc(-c7cccc8ccccc78)c7cccc(c23)c76)c54)cc1.COc1ccc(-c2c3c4cccc5c(Br)ccc(c3c(-c3ccc(OC)cc3)c3c6ccc7c8cccc9cccc(c%10ccc(c23)c6c%107)c98)c54)cc1. The maximum Gasteiger partial charge on any atom is 0.118 e. The fourth-order valence-corrected chi connectivity index (χ4v) is 20.0. The van der Waals surface area contributed by atoms with Gasteiger partial charge in [-0.1, -0.05) is 262 Å². The summed E-state index contributed by atoms with van der Waals surface area (Å²) in [6, 6.07) is 107. The van der Waals surface area contributed by atoms with Gasteiger partial charge in [-0.15, -0.1) is 0 Å². The second kappa shape index (κ2) is 23.1. The van der Waals surface area contributed by atoms with Crippen LogP contribution in [0.3, 0.4) is 0 Å². The van der Waals surface area contributed by atoms with Crippen molar-refractivity contribution in [3.05, 3.63) is 300 Å². The Kier molecular flexibility index (Phi) is 13.3. The molecule has 0 aliphatic rings. The van der Waals surface area contributed by atoms with E-state index >= 15 is 0 Å². The van der Waals surface area contributed by atoms with Crippen LogP contribution in [0.25, 0.3) is 228 Å². The van der Waals surface area contributed by atoms with Crippen molar-refractivity contribution in [2.24, 2.45) is 0 Å². The third-order valence-corrected chi connectivity index (χ3v) is 24.8. The van der Waals surface area contributed by atoms with E-state index in [9.17, 15) is 0 Å². The number of hydrogen-bond acceptors (Lipinski definition) is 4. The lowest BCUT2D eigenvalue weighted by Gasteiger charge is -2.16. The Morgan fingerprint density at radius 3 is 0.840 bits per heavy atom. The monoisotopic (exact) mass is 1480 g/mol. The molecule has 0 fully saturated rings. The van der Waals surface area contributed by atoms with Crippen molar-refractivity contribution < 1.29 is 18.9 Å². The standard InChI is InChI=1S/C50H29BrO2.C50H31BrO2/c1-52-29-16-12-27(13-17-29)42-47-36-11-5-10-35-40(51)25-24-37(44(35)36)48(47)43(28-14-18-30(53-2)19-15-28)50-39-23-21-34-32-9-4-7-26-6-3-8-31(41(26)32)33-20-22-38(49(42)50)46(39)45(33)34;1-52-31-20-16-29(17-21-31)43-47-38-14-6-12-36-35(34-11-5-9-28-8-3-4-10-33(28)34)24-25-40(45(36)38)49(47)44(30-18-22-32(53-2)23-19-30)48-39-15-7-13-37-42(51)27-26-41(46(37)39)50(43)48/h3-25H,1-2H3;3-27H,1-2H3. The third-order valence-electron chi connectivity index (χ3n) is 23.4. The number of methoxy groups -OCH3 is 4. The van der Waals surface area contributed by atoms with E-state index in [0.717, 1.165) is 31.9 Å². The Hall–Kier alpha value is -12.3. The topological polar surface area (TPSA) is 36.9 Å². The summed E-state index contributed by atoms with van der Waals surface area (Å²) in [5.74, 6) is 3.38. The molecule has 0 atom stereocenters. The van der Waals surface area contributed by atoms with E-state index in [2.05, 4.69) is 323 Å². The minimum absolute atomic E-state index is 0.844. The van der Waals surface area contributed by atoms with Crippen LogP contribution >= 0.6 is 31.9 Å². The van der Waals surface area contributed by atoms with E-state index in [1.807, 2.05) is 0 Å². The van der Waals surface area contributed by atoms with Crippen molar-refractivity contribution >= 4 is 204 Å². The summed E-state index contributed by atoms with van der Waals surface area (Å²) in [4.78, 5) is 0. The van der Waals surface area contributed by atoms with Crippen LogP contribution in [0, 0.1) is 0 Å². The second-order valence-electron chi connectivity index (χ2n) is 28.3. The molecule has 0 aromatic heterocycles. The first kappa shape index (κ1) is 61.2. The molecule has 0 heterocycles. The van der Waals surface area contributed by atoms with Crippen LogP contribution in [0.15, 0.2) is 300 Å². The normalized spacial score (nSPS) is 12.2. The van der Waals surface area contributed by atoms with Gasteiger partial charge in [0.25, 0.3) is 0 Å². The van der Waals surface area contributed by atoms with Crippen LogP contribution in [0.4, 0.5) is 0 Å². The molecular weight excluding hydrogens is 1420 g/mol. The first-order chi connectivity index (χ1) is 52.3. The Morgan fingerprint density at radius 1 is 0.170 bits per heavy atom. The van der Waals surface area contributed by atoms with Crippen LogP contribution in [-0.4, -0.2) is 28.4 Å². The predicted molar refractivity (Wildman–Crippen MR) is 458 cm³/mol. The third kappa shape index (κ3) is 8.39. The quantitative estimate of drug-likeness (QED) is 0.107. The highest BCUT2D eigenvalue weighted by Crippen LogP contribution is 2.60. The Balaban J connectivity index is 0.000000132. The molecule has 0 radical (unpaired) electrons. The van der Waals surface area contributed by atoms with Crippen molar-refractivity contribution in [2.75, 3.05) is 28.4 Å². The summed E-state index contributed by atoms with van der Waals surface area (Å²) < 4.78 is 24.9. The Bertz CT molecular complexity index is 7300. The maximum atomic E-state index is 5.68. The number of benzene rings is 19. The maximum absolute atomic E-state index is 5.68. The fraction of sp³-hybridized carbons (Fsp3) is 0.0400. The van der Waals surface area contributed by atoms with Gasteiger partial charge in [0.1, 0.15) is 23.0 Å². The minimum Gasteiger partial charge on any atom is -0.497 e. The van der Waals surface area contributed by atoms with Crippen molar-refractivity contribution in [3.8, 4) is 78.6 Å². The largest absolute Gasteiger partial charge is 0.497 e. The minimum atomic E-state index is 0.844. The number of hydrogen-bond donors (Lipinski definition) is 0. The second-order valence-corrected chi connectivity index (χ2v) is 30.0. The zero-order valence-corrected chi connectivity index (χ0v) is 61.3. The molecular formula is C100H60Br2O4. The number of rotatable bonds is 9. The van der Waals surface area contributed by atoms with Gasteiger partial charge in [-0.2, -0.15) is 0 Å². The van der Waals surface area contributed by atoms with Gasteiger partial charge in [0.2, 0.25) is 0 Å². The lowest BCUT2D eigenvalue weighted by atomic mass is 9.87. The molecule has 0 saturated heterocycles. The molecule has 0 bridgehead atoms. The molecule has 23 rings (SSSR count). The van der Waals surface area contributed by atoms with Gasteiger partial charge in [-0.3, -0.25) is 0 Å². The van der Waals surface area contributed by atoms with Gasteiger partial charge in [0, 0.05) is 8.95 Å². The van der Waals surface area contributed by atoms with Gasteiger partial charge in [-0.05, 0) is 289 Å². The summed E-state index contributed by atoms with van der Waals surface area (Å²) in [6.45, 7) is 0. The molecule has 0 amide bonds. The summed E-state index contributed by atoms with van der Waals surface area (Å²) >= 11 is 7.82. The number of halogens is 2. The average molecular weight is 1490 g/mol. The molecule has 23 aromatic carbocycles. The highest BCUT2D eigenvalue weighted by atomic mass is 79.9. The molecule has 4 nitrogen and oxygen atoms in total. The van der Waals surface area contributed by atoms with Crippen molar-refractivity contribution in [1.29, 1.82) is 0 Å². The Morgan fingerprint density at radius 2 is 0.425 bits per heavy atom. The zero-order chi connectivity index (χ0) is 70.5. The van der Waals surface area contributed by atoms with Gasteiger partial charge < -0.3 is 18.9 Å². The van der Waals surface area contributed by atoms with Crippen molar-refractivity contribution in [2.45, 2.75) is 0 Å². The molecule has 0 unspecified atom stereocenters.